The molecule has 0 heterocycles. The van der Waals surface area contributed by atoms with Crippen molar-refractivity contribution in [3.63, 3.8) is 0 Å². The molecular weight excluding hydrogens is 256 g/mol. The molecule has 4 nitrogen and oxygen atoms in total. The van der Waals surface area contributed by atoms with Crippen LogP contribution in [0, 0.1) is 17.8 Å². The molecule has 0 aliphatic heterocycles. The molecule has 1 rings (SSSR count). The summed E-state index contributed by atoms with van der Waals surface area (Å²) in [5.41, 5.74) is 0. The lowest BCUT2D eigenvalue weighted by Crippen LogP contribution is -2.25. The topological polar surface area (TPSA) is 77.8 Å². The van der Waals surface area contributed by atoms with Gasteiger partial charge in [-0.05, 0) is 56.8 Å². The van der Waals surface area contributed by atoms with Crippen molar-refractivity contribution in [1.29, 1.82) is 0 Å². The Bertz CT molecular complexity index is 261. The third kappa shape index (κ3) is 6.23. The van der Waals surface area contributed by atoms with Gasteiger partial charge in [0.05, 0.1) is 5.92 Å². The molecule has 0 aromatic rings. The van der Waals surface area contributed by atoms with Crippen LogP contribution in [0.4, 0.5) is 0 Å². The highest BCUT2D eigenvalue weighted by Gasteiger charge is 2.28. The smallest absolute Gasteiger partial charge is 0.306 e. The first kappa shape index (κ1) is 17.4. The minimum atomic E-state index is -0.787. The predicted molar refractivity (Wildman–Crippen MR) is 78.2 cm³/mol. The molecule has 0 aromatic heterocycles. The van der Waals surface area contributed by atoms with Gasteiger partial charge in [-0.25, -0.2) is 0 Å². The maximum atomic E-state index is 11.4. The predicted octanol–water partition coefficient (Wildman–Crippen LogP) is 2.78. The van der Waals surface area contributed by atoms with E-state index in [9.17, 15) is 15.0 Å². The average molecular weight is 285 g/mol. The number of rotatable bonds is 10. The number of carbonyl (C=O) groups is 1. The van der Waals surface area contributed by atoms with E-state index in [-0.39, 0.29) is 19.1 Å². The molecule has 1 aliphatic rings. The van der Waals surface area contributed by atoms with Crippen molar-refractivity contribution in [2.24, 2.45) is 11.8 Å². The molecule has 1 radical (unpaired) electrons. The first-order valence-corrected chi connectivity index (χ1v) is 7.97. The molecule has 1 fully saturated rings. The van der Waals surface area contributed by atoms with Crippen LogP contribution in [-0.2, 0) is 4.79 Å². The van der Waals surface area contributed by atoms with Crippen LogP contribution in [-0.4, -0.2) is 34.5 Å². The number of aliphatic hydroxyl groups is 2. The fraction of sp³-hybridized carbons (Fsp3) is 0.875. The molecule has 2 atom stereocenters. The third-order valence-electron chi connectivity index (χ3n) is 4.49. The molecule has 0 bridgehead atoms. The summed E-state index contributed by atoms with van der Waals surface area (Å²) in [6.45, 7) is 0.0793. The van der Waals surface area contributed by atoms with E-state index in [1.54, 1.807) is 5.92 Å². The van der Waals surface area contributed by atoms with Crippen molar-refractivity contribution >= 4 is 5.97 Å². The monoisotopic (exact) mass is 285 g/mol. The number of aliphatic carboxylic acids is 1. The zero-order chi connectivity index (χ0) is 14.8. The normalized spacial score (nSPS) is 19.7. The molecule has 1 aliphatic carbocycles. The minimum absolute atomic E-state index is 0.0264. The molecule has 3 N–H and O–H groups in total. The van der Waals surface area contributed by atoms with Gasteiger partial charge >= 0.3 is 5.97 Å². The number of carboxylic acids is 1. The van der Waals surface area contributed by atoms with Crippen molar-refractivity contribution in [1.82, 2.24) is 0 Å². The second kappa shape index (κ2) is 10.2. The van der Waals surface area contributed by atoms with Crippen molar-refractivity contribution < 1.29 is 20.1 Å². The Hall–Kier alpha value is -0.610. The molecule has 20 heavy (non-hydrogen) atoms. The molecule has 2 unspecified atom stereocenters. The van der Waals surface area contributed by atoms with Gasteiger partial charge in [0.15, 0.2) is 0 Å². The van der Waals surface area contributed by atoms with Crippen LogP contribution in [0.5, 0.6) is 0 Å². The Morgan fingerprint density at radius 2 is 1.70 bits per heavy atom. The second-order valence-corrected chi connectivity index (χ2v) is 5.93. The van der Waals surface area contributed by atoms with Crippen molar-refractivity contribution in [2.75, 3.05) is 13.2 Å². The van der Waals surface area contributed by atoms with Crippen LogP contribution in [0.15, 0.2) is 0 Å². The zero-order valence-electron chi connectivity index (χ0n) is 12.4. The van der Waals surface area contributed by atoms with Gasteiger partial charge in [-0.2, -0.15) is 0 Å². The lowest BCUT2D eigenvalue weighted by molar-refractivity contribution is -0.144. The third-order valence-corrected chi connectivity index (χ3v) is 4.49. The summed E-state index contributed by atoms with van der Waals surface area (Å²) < 4.78 is 0. The first-order chi connectivity index (χ1) is 9.69. The van der Waals surface area contributed by atoms with Crippen LogP contribution in [0.25, 0.3) is 0 Å². The largest absolute Gasteiger partial charge is 0.481 e. The second-order valence-electron chi connectivity index (χ2n) is 5.93. The molecule has 1 saturated carbocycles. The van der Waals surface area contributed by atoms with E-state index >= 15 is 0 Å². The SMILES string of the molecule is O=C(O)C(CCCO)C(CCO)CC[C]1CCCCC1. The fourth-order valence-corrected chi connectivity index (χ4v) is 3.28. The van der Waals surface area contributed by atoms with Crippen LogP contribution in [0.1, 0.15) is 64.2 Å². The van der Waals surface area contributed by atoms with Gasteiger partial charge in [-0.3, -0.25) is 4.79 Å². The summed E-state index contributed by atoms with van der Waals surface area (Å²) in [4.78, 5) is 11.4. The quantitative estimate of drug-likeness (QED) is 0.577. The summed E-state index contributed by atoms with van der Waals surface area (Å²) in [5, 5.41) is 27.4. The number of hydrogen-bond acceptors (Lipinski definition) is 3. The minimum Gasteiger partial charge on any atom is -0.481 e. The highest BCUT2D eigenvalue weighted by atomic mass is 16.4. The van der Waals surface area contributed by atoms with Crippen LogP contribution in [0.2, 0.25) is 0 Å². The summed E-state index contributed by atoms with van der Waals surface area (Å²) >= 11 is 0. The van der Waals surface area contributed by atoms with Crippen molar-refractivity contribution in [2.45, 2.75) is 64.2 Å². The summed E-state index contributed by atoms with van der Waals surface area (Å²) in [6, 6.07) is 0. The number of hydrogen-bond donors (Lipinski definition) is 3. The van der Waals surface area contributed by atoms with Crippen molar-refractivity contribution in [3.8, 4) is 0 Å². The van der Waals surface area contributed by atoms with E-state index in [4.69, 9.17) is 5.11 Å². The lowest BCUT2D eigenvalue weighted by Gasteiger charge is -2.27. The molecular formula is C16H29O4. The van der Waals surface area contributed by atoms with E-state index in [0.717, 1.165) is 12.8 Å². The van der Waals surface area contributed by atoms with E-state index in [0.29, 0.717) is 19.3 Å². The van der Waals surface area contributed by atoms with Gasteiger partial charge in [0, 0.05) is 13.2 Å². The van der Waals surface area contributed by atoms with Gasteiger partial charge < -0.3 is 15.3 Å². The van der Waals surface area contributed by atoms with Gasteiger partial charge in [0.2, 0.25) is 0 Å². The van der Waals surface area contributed by atoms with Gasteiger partial charge in [-0.15, -0.1) is 0 Å². The number of carboxylic acid groups (broad SMARTS) is 1. The van der Waals surface area contributed by atoms with Crippen LogP contribution >= 0.6 is 0 Å². The first-order valence-electron chi connectivity index (χ1n) is 7.97. The Balaban J connectivity index is 2.48. The van der Waals surface area contributed by atoms with Crippen molar-refractivity contribution in [3.05, 3.63) is 5.92 Å². The molecule has 117 valence electrons. The molecule has 0 aromatic carbocycles. The summed E-state index contributed by atoms with van der Waals surface area (Å²) in [5.74, 6) is 0.382. The molecule has 0 saturated heterocycles. The van der Waals surface area contributed by atoms with Crippen LogP contribution < -0.4 is 0 Å². The Morgan fingerprint density at radius 1 is 1.00 bits per heavy atom. The zero-order valence-corrected chi connectivity index (χ0v) is 12.4. The maximum absolute atomic E-state index is 11.4. The lowest BCUT2D eigenvalue weighted by atomic mass is 9.78. The molecule has 0 amide bonds. The summed E-state index contributed by atoms with van der Waals surface area (Å²) in [6.07, 6.45) is 9.70. The summed E-state index contributed by atoms with van der Waals surface area (Å²) in [7, 11) is 0. The Kier molecular flexibility index (Phi) is 8.86. The highest BCUT2D eigenvalue weighted by Crippen LogP contribution is 2.33. The van der Waals surface area contributed by atoms with E-state index in [1.165, 1.54) is 32.1 Å². The molecule has 0 spiro atoms. The van der Waals surface area contributed by atoms with Gasteiger partial charge in [0.25, 0.3) is 0 Å². The van der Waals surface area contributed by atoms with Crippen LogP contribution in [0.3, 0.4) is 0 Å². The number of aliphatic hydroxyl groups excluding tert-OH is 2. The standard InChI is InChI=1S/C16H29O4/c17-11-4-7-15(16(19)20)14(10-12-18)9-8-13-5-2-1-3-6-13/h14-15,17-18H,1-12H2,(H,19,20). The Morgan fingerprint density at radius 3 is 2.25 bits per heavy atom. The van der Waals surface area contributed by atoms with E-state index in [1.807, 2.05) is 0 Å². The van der Waals surface area contributed by atoms with E-state index < -0.39 is 11.9 Å². The highest BCUT2D eigenvalue weighted by molar-refractivity contribution is 5.70. The maximum Gasteiger partial charge on any atom is 0.306 e. The van der Waals surface area contributed by atoms with Gasteiger partial charge in [0.1, 0.15) is 0 Å². The Labute approximate surface area is 122 Å². The average Bonchev–Trinajstić information content (AvgIpc) is 2.45. The van der Waals surface area contributed by atoms with E-state index in [2.05, 4.69) is 0 Å². The van der Waals surface area contributed by atoms with Gasteiger partial charge in [-0.1, -0.05) is 19.3 Å². The fourth-order valence-electron chi connectivity index (χ4n) is 3.28. The molecule has 4 heteroatoms.